The van der Waals surface area contributed by atoms with E-state index in [9.17, 15) is 4.79 Å². The predicted molar refractivity (Wildman–Crippen MR) is 107 cm³/mol. The Morgan fingerprint density at radius 2 is 2.00 bits per heavy atom. The Labute approximate surface area is 169 Å². The van der Waals surface area contributed by atoms with Crippen LogP contribution in [0.25, 0.3) is 11.3 Å². The highest BCUT2D eigenvalue weighted by Crippen LogP contribution is 2.29. The highest BCUT2D eigenvalue weighted by molar-refractivity contribution is 5.92. The lowest BCUT2D eigenvalue weighted by Gasteiger charge is -2.30. The van der Waals surface area contributed by atoms with Crippen molar-refractivity contribution in [1.82, 2.24) is 15.0 Å². The van der Waals surface area contributed by atoms with Crippen molar-refractivity contribution in [3.05, 3.63) is 53.9 Å². The number of aromatic nitrogens is 2. The van der Waals surface area contributed by atoms with Crippen molar-refractivity contribution < 1.29 is 18.5 Å². The van der Waals surface area contributed by atoms with E-state index >= 15 is 0 Å². The molecule has 4 rings (SSSR count). The summed E-state index contributed by atoms with van der Waals surface area (Å²) in [6, 6.07) is 11.1. The van der Waals surface area contributed by atoms with Gasteiger partial charge in [0.05, 0.1) is 13.0 Å². The largest absolute Gasteiger partial charge is 0.497 e. The number of carbonyl (C=O) groups excluding carboxylic acids is 1. The van der Waals surface area contributed by atoms with Crippen molar-refractivity contribution in [3.8, 4) is 17.1 Å². The third kappa shape index (κ3) is 4.04. The molecule has 0 saturated carbocycles. The fourth-order valence-electron chi connectivity index (χ4n) is 3.53. The average Bonchev–Trinajstić information content (AvgIpc) is 3.44. The molecule has 152 valence electrons. The standard InChI is InChI=1S/C22H25N3O4/c1-14(2)20-23-21(29-24-20)16-5-4-12-25(13-16)22(26)19-11-10-18(28-19)15-6-8-17(27-3)9-7-15/h6-11,14,16H,4-5,12-13H2,1-3H3. The molecule has 1 aromatic carbocycles. The summed E-state index contributed by atoms with van der Waals surface area (Å²) in [5.41, 5.74) is 0.897. The van der Waals surface area contributed by atoms with Gasteiger partial charge in [-0.05, 0) is 49.2 Å². The molecule has 29 heavy (non-hydrogen) atoms. The Balaban J connectivity index is 1.46. The van der Waals surface area contributed by atoms with Crippen LogP contribution in [0.1, 0.15) is 60.8 Å². The molecule has 1 amide bonds. The minimum Gasteiger partial charge on any atom is -0.497 e. The number of amides is 1. The highest BCUT2D eigenvalue weighted by Gasteiger charge is 2.30. The number of hydrogen-bond donors (Lipinski definition) is 0. The van der Waals surface area contributed by atoms with E-state index in [1.807, 2.05) is 49.1 Å². The van der Waals surface area contributed by atoms with Crippen LogP contribution in [0.3, 0.4) is 0 Å². The summed E-state index contributed by atoms with van der Waals surface area (Å²) < 4.78 is 16.5. The molecule has 0 N–H and O–H groups in total. The van der Waals surface area contributed by atoms with Gasteiger partial charge in [-0.2, -0.15) is 4.98 Å². The van der Waals surface area contributed by atoms with Crippen LogP contribution >= 0.6 is 0 Å². The van der Waals surface area contributed by atoms with E-state index in [1.54, 1.807) is 13.2 Å². The molecule has 1 aliphatic heterocycles. The minimum atomic E-state index is -0.113. The SMILES string of the molecule is COc1ccc(-c2ccc(C(=O)N3CCCC(c4nc(C(C)C)no4)C3)o2)cc1. The number of ether oxygens (including phenoxy) is 1. The number of furan rings is 1. The van der Waals surface area contributed by atoms with Gasteiger partial charge in [0.2, 0.25) is 5.89 Å². The van der Waals surface area contributed by atoms with Gasteiger partial charge in [-0.1, -0.05) is 19.0 Å². The highest BCUT2D eigenvalue weighted by atomic mass is 16.5. The third-order valence-electron chi connectivity index (χ3n) is 5.22. The second kappa shape index (κ2) is 8.11. The average molecular weight is 395 g/mol. The van der Waals surface area contributed by atoms with Crippen molar-refractivity contribution in [1.29, 1.82) is 0 Å². The first-order chi connectivity index (χ1) is 14.0. The number of carbonyl (C=O) groups is 1. The zero-order valence-electron chi connectivity index (χ0n) is 16.9. The van der Waals surface area contributed by atoms with Crippen LogP contribution in [0.2, 0.25) is 0 Å². The second-order valence-corrected chi connectivity index (χ2v) is 7.63. The van der Waals surface area contributed by atoms with Gasteiger partial charge in [-0.3, -0.25) is 4.79 Å². The molecular formula is C22H25N3O4. The minimum absolute atomic E-state index is 0.0590. The fraction of sp³-hybridized carbons (Fsp3) is 0.409. The summed E-state index contributed by atoms with van der Waals surface area (Å²) in [5, 5.41) is 4.05. The fourth-order valence-corrected chi connectivity index (χ4v) is 3.53. The van der Waals surface area contributed by atoms with Gasteiger partial charge in [-0.25, -0.2) is 0 Å². The summed E-state index contributed by atoms with van der Waals surface area (Å²) in [5.74, 6) is 3.25. The summed E-state index contributed by atoms with van der Waals surface area (Å²) in [6.45, 7) is 5.31. The van der Waals surface area contributed by atoms with E-state index in [4.69, 9.17) is 13.7 Å². The first-order valence-corrected chi connectivity index (χ1v) is 9.92. The zero-order valence-corrected chi connectivity index (χ0v) is 16.9. The normalized spacial score (nSPS) is 17.0. The van der Waals surface area contributed by atoms with Crippen LogP contribution in [0, 0.1) is 0 Å². The maximum atomic E-state index is 13.0. The Morgan fingerprint density at radius 3 is 2.69 bits per heavy atom. The Kier molecular flexibility index (Phi) is 5.38. The molecule has 0 bridgehead atoms. The molecule has 1 fully saturated rings. The van der Waals surface area contributed by atoms with Crippen LogP contribution in [-0.2, 0) is 0 Å². The van der Waals surface area contributed by atoms with Crippen molar-refractivity contribution in [2.45, 2.75) is 38.5 Å². The summed E-state index contributed by atoms with van der Waals surface area (Å²) in [7, 11) is 1.63. The second-order valence-electron chi connectivity index (χ2n) is 7.63. The molecule has 1 unspecified atom stereocenters. The Morgan fingerprint density at radius 1 is 1.21 bits per heavy atom. The van der Waals surface area contributed by atoms with Crippen molar-refractivity contribution in [2.75, 3.05) is 20.2 Å². The number of piperidine rings is 1. The number of nitrogens with zero attached hydrogens (tertiary/aromatic N) is 3. The zero-order chi connectivity index (χ0) is 20.4. The number of rotatable bonds is 5. The number of methoxy groups -OCH3 is 1. The van der Waals surface area contributed by atoms with Crippen molar-refractivity contribution in [2.24, 2.45) is 0 Å². The molecule has 1 saturated heterocycles. The van der Waals surface area contributed by atoms with Crippen LogP contribution in [0.5, 0.6) is 5.75 Å². The van der Waals surface area contributed by atoms with E-state index in [0.717, 1.165) is 24.2 Å². The summed E-state index contributed by atoms with van der Waals surface area (Å²) in [6.07, 6.45) is 1.82. The van der Waals surface area contributed by atoms with E-state index in [-0.39, 0.29) is 17.7 Å². The van der Waals surface area contributed by atoms with Gasteiger partial charge in [0.25, 0.3) is 5.91 Å². The number of likely N-dealkylation sites (tertiary alicyclic amines) is 1. The van der Waals surface area contributed by atoms with Gasteiger partial charge in [0.15, 0.2) is 11.6 Å². The lowest BCUT2D eigenvalue weighted by atomic mass is 9.97. The maximum absolute atomic E-state index is 13.0. The number of hydrogen-bond acceptors (Lipinski definition) is 6. The molecule has 2 aromatic heterocycles. The van der Waals surface area contributed by atoms with Crippen LogP contribution in [-0.4, -0.2) is 41.1 Å². The van der Waals surface area contributed by atoms with Crippen LogP contribution in [0.15, 0.2) is 45.3 Å². The van der Waals surface area contributed by atoms with Gasteiger partial charge >= 0.3 is 0 Å². The molecule has 7 heteroatoms. The van der Waals surface area contributed by atoms with E-state index < -0.39 is 0 Å². The lowest BCUT2D eigenvalue weighted by molar-refractivity contribution is 0.0664. The first kappa shape index (κ1) is 19.2. The Bertz CT molecular complexity index is 974. The van der Waals surface area contributed by atoms with E-state index in [2.05, 4.69) is 10.1 Å². The molecule has 0 radical (unpaired) electrons. The first-order valence-electron chi connectivity index (χ1n) is 9.92. The quantitative estimate of drug-likeness (QED) is 0.633. The van der Waals surface area contributed by atoms with Crippen LogP contribution in [0.4, 0.5) is 0 Å². The summed E-state index contributed by atoms with van der Waals surface area (Å²) >= 11 is 0. The van der Waals surface area contributed by atoms with Gasteiger partial charge in [-0.15, -0.1) is 0 Å². The molecular weight excluding hydrogens is 370 g/mol. The lowest BCUT2D eigenvalue weighted by Crippen LogP contribution is -2.39. The molecule has 7 nitrogen and oxygen atoms in total. The van der Waals surface area contributed by atoms with E-state index in [0.29, 0.717) is 36.3 Å². The topological polar surface area (TPSA) is 81.6 Å². The van der Waals surface area contributed by atoms with Crippen LogP contribution < -0.4 is 4.74 Å². The molecule has 1 aliphatic rings. The van der Waals surface area contributed by atoms with Gasteiger partial charge in [0, 0.05) is 24.6 Å². The van der Waals surface area contributed by atoms with Gasteiger partial charge < -0.3 is 18.6 Å². The van der Waals surface area contributed by atoms with Gasteiger partial charge in [0.1, 0.15) is 11.5 Å². The maximum Gasteiger partial charge on any atom is 0.289 e. The summed E-state index contributed by atoms with van der Waals surface area (Å²) in [4.78, 5) is 19.3. The smallest absolute Gasteiger partial charge is 0.289 e. The van der Waals surface area contributed by atoms with E-state index in [1.165, 1.54) is 0 Å². The molecule has 0 aliphatic carbocycles. The monoisotopic (exact) mass is 395 g/mol. The molecule has 3 heterocycles. The molecule has 0 spiro atoms. The Hall–Kier alpha value is -3.09. The third-order valence-corrected chi connectivity index (χ3v) is 5.22. The molecule has 3 aromatic rings. The number of benzene rings is 1. The van der Waals surface area contributed by atoms with Crippen molar-refractivity contribution in [3.63, 3.8) is 0 Å². The predicted octanol–water partition coefficient (Wildman–Crippen LogP) is 4.48. The molecule has 1 atom stereocenters. The van der Waals surface area contributed by atoms with Crippen molar-refractivity contribution >= 4 is 5.91 Å².